The van der Waals surface area contributed by atoms with Gasteiger partial charge in [-0.1, -0.05) is 78.9 Å². The Kier molecular flexibility index (Phi) is 6.61. The molecule has 0 saturated heterocycles. The number of nitrogens with zero attached hydrogens (tertiary/aromatic N) is 2. The summed E-state index contributed by atoms with van der Waals surface area (Å²) in [6.45, 7) is 4.15. The molecular formula is C29H34N2O2S. The molecule has 2 aliphatic heterocycles. The number of rotatable bonds is 6. The van der Waals surface area contributed by atoms with Crippen molar-refractivity contribution in [1.82, 2.24) is 9.21 Å². The lowest BCUT2D eigenvalue weighted by Crippen LogP contribution is -2.48. The van der Waals surface area contributed by atoms with Crippen LogP contribution in [0.2, 0.25) is 0 Å². The highest BCUT2D eigenvalue weighted by Gasteiger charge is 2.43. The van der Waals surface area contributed by atoms with Gasteiger partial charge in [0.25, 0.3) is 0 Å². The van der Waals surface area contributed by atoms with Gasteiger partial charge in [-0.25, -0.2) is 8.42 Å². The highest BCUT2D eigenvalue weighted by molar-refractivity contribution is 7.88. The van der Waals surface area contributed by atoms with E-state index in [1.165, 1.54) is 28.5 Å². The van der Waals surface area contributed by atoms with Gasteiger partial charge in [-0.15, -0.1) is 0 Å². The molecule has 1 unspecified atom stereocenters. The molecule has 2 heterocycles. The lowest BCUT2D eigenvalue weighted by Gasteiger charge is -2.44. The zero-order valence-electron chi connectivity index (χ0n) is 20.0. The Labute approximate surface area is 204 Å². The molecule has 5 heteroatoms. The van der Waals surface area contributed by atoms with Crippen molar-refractivity contribution in [3.05, 3.63) is 107 Å². The normalized spacial score (nSPS) is 21.4. The number of hydrogen-bond acceptors (Lipinski definition) is 3. The summed E-state index contributed by atoms with van der Waals surface area (Å²) in [7, 11) is -3.31. The molecule has 0 saturated carbocycles. The molecule has 34 heavy (non-hydrogen) atoms. The number of sulfonamides is 1. The number of fused-ring (bicyclic) bond motifs is 2. The van der Waals surface area contributed by atoms with Gasteiger partial charge in [0.1, 0.15) is 0 Å². The summed E-state index contributed by atoms with van der Waals surface area (Å²) in [6.07, 6.45) is 5.49. The SMILES string of the molecule is CS(=O)(=O)N1Cc2ccccc2C(CCCN2CCc3ccccc3CC2)(c2ccccc2)C1. The molecule has 0 amide bonds. The highest BCUT2D eigenvalue weighted by Crippen LogP contribution is 2.43. The van der Waals surface area contributed by atoms with Crippen molar-refractivity contribution in [3.8, 4) is 0 Å². The standard InChI is InChI=1S/C29H34N2O2S/c1-34(32,33)31-22-26-12-7-8-15-28(26)29(23-31,27-13-3-2-4-14-27)18-9-19-30-20-16-24-10-5-6-11-25(24)17-21-30/h2-8,10-15H,9,16-23H2,1H3. The molecule has 0 spiro atoms. The second-order valence-electron chi connectivity index (χ2n) is 9.85. The fourth-order valence-electron chi connectivity index (χ4n) is 5.90. The van der Waals surface area contributed by atoms with Gasteiger partial charge in [-0.2, -0.15) is 4.31 Å². The zero-order valence-corrected chi connectivity index (χ0v) is 20.8. The minimum atomic E-state index is -3.31. The van der Waals surface area contributed by atoms with Crippen LogP contribution in [0, 0.1) is 0 Å². The third kappa shape index (κ3) is 4.70. The van der Waals surface area contributed by atoms with Crippen molar-refractivity contribution in [2.45, 2.75) is 37.6 Å². The molecule has 178 valence electrons. The van der Waals surface area contributed by atoms with Crippen LogP contribution < -0.4 is 0 Å². The van der Waals surface area contributed by atoms with E-state index in [1.807, 2.05) is 12.1 Å². The van der Waals surface area contributed by atoms with E-state index in [0.717, 1.165) is 50.9 Å². The second-order valence-corrected chi connectivity index (χ2v) is 11.8. The van der Waals surface area contributed by atoms with Crippen LogP contribution in [0.1, 0.15) is 40.7 Å². The second kappa shape index (κ2) is 9.65. The topological polar surface area (TPSA) is 40.6 Å². The van der Waals surface area contributed by atoms with Gasteiger partial charge in [-0.3, -0.25) is 0 Å². The average molecular weight is 475 g/mol. The van der Waals surface area contributed by atoms with Crippen molar-refractivity contribution in [2.75, 3.05) is 32.4 Å². The summed E-state index contributed by atoms with van der Waals surface area (Å²) in [4.78, 5) is 2.59. The lowest BCUT2D eigenvalue weighted by molar-refractivity contribution is 0.247. The van der Waals surface area contributed by atoms with Crippen LogP contribution in [0.15, 0.2) is 78.9 Å². The van der Waals surface area contributed by atoms with Crippen LogP contribution in [0.4, 0.5) is 0 Å². The molecule has 4 nitrogen and oxygen atoms in total. The quantitative estimate of drug-likeness (QED) is 0.523. The molecule has 3 aromatic carbocycles. The summed E-state index contributed by atoms with van der Waals surface area (Å²) in [5, 5.41) is 0. The van der Waals surface area contributed by atoms with E-state index < -0.39 is 10.0 Å². The fourth-order valence-corrected chi connectivity index (χ4v) is 6.72. The van der Waals surface area contributed by atoms with Crippen molar-refractivity contribution in [2.24, 2.45) is 0 Å². The predicted molar refractivity (Wildman–Crippen MR) is 138 cm³/mol. The van der Waals surface area contributed by atoms with E-state index >= 15 is 0 Å². The number of hydrogen-bond donors (Lipinski definition) is 0. The third-order valence-electron chi connectivity index (χ3n) is 7.71. The predicted octanol–water partition coefficient (Wildman–Crippen LogP) is 4.63. The van der Waals surface area contributed by atoms with Gasteiger partial charge in [0.05, 0.1) is 6.26 Å². The molecule has 5 rings (SSSR count). The van der Waals surface area contributed by atoms with E-state index in [4.69, 9.17) is 0 Å². The summed E-state index contributed by atoms with van der Waals surface area (Å²) in [5.74, 6) is 0. The van der Waals surface area contributed by atoms with Gasteiger partial charge >= 0.3 is 0 Å². The molecule has 3 aromatic rings. The Bertz CT molecular complexity index is 1210. The van der Waals surface area contributed by atoms with Crippen LogP contribution in [-0.4, -0.2) is 50.1 Å². The maximum atomic E-state index is 12.7. The minimum Gasteiger partial charge on any atom is -0.303 e. The van der Waals surface area contributed by atoms with Crippen LogP contribution in [0.5, 0.6) is 0 Å². The van der Waals surface area contributed by atoms with E-state index in [2.05, 4.69) is 71.6 Å². The first-order chi connectivity index (χ1) is 16.5. The Balaban J connectivity index is 1.41. The first kappa shape index (κ1) is 23.3. The first-order valence-electron chi connectivity index (χ1n) is 12.3. The van der Waals surface area contributed by atoms with Crippen molar-refractivity contribution in [1.29, 1.82) is 0 Å². The fraction of sp³-hybridized carbons (Fsp3) is 0.379. The largest absolute Gasteiger partial charge is 0.303 e. The van der Waals surface area contributed by atoms with Crippen molar-refractivity contribution < 1.29 is 8.42 Å². The Morgan fingerprint density at radius 2 is 1.38 bits per heavy atom. The van der Waals surface area contributed by atoms with E-state index in [9.17, 15) is 8.42 Å². The van der Waals surface area contributed by atoms with Crippen LogP contribution in [-0.2, 0) is 34.8 Å². The van der Waals surface area contributed by atoms with Gasteiger partial charge in [0.2, 0.25) is 10.0 Å². The lowest BCUT2D eigenvalue weighted by atomic mass is 9.68. The third-order valence-corrected chi connectivity index (χ3v) is 8.91. The molecule has 1 atom stereocenters. The zero-order chi connectivity index (χ0) is 23.6. The van der Waals surface area contributed by atoms with Gasteiger partial charge in [-0.05, 0) is 60.0 Å². The molecule has 0 fully saturated rings. The van der Waals surface area contributed by atoms with Crippen LogP contribution >= 0.6 is 0 Å². The first-order valence-corrected chi connectivity index (χ1v) is 14.2. The summed E-state index contributed by atoms with van der Waals surface area (Å²) in [5.41, 5.74) is 6.23. The molecule has 0 aromatic heterocycles. The maximum Gasteiger partial charge on any atom is 0.211 e. The van der Waals surface area contributed by atoms with Gasteiger partial charge in [0, 0.05) is 31.6 Å². The Hall–Kier alpha value is -2.47. The molecule has 0 N–H and O–H groups in total. The summed E-state index contributed by atoms with van der Waals surface area (Å²) < 4.78 is 27.1. The van der Waals surface area contributed by atoms with Crippen molar-refractivity contribution >= 4 is 10.0 Å². The molecule has 2 aliphatic rings. The number of benzene rings is 3. The molecule has 0 radical (unpaired) electrons. The molecular weight excluding hydrogens is 440 g/mol. The van der Waals surface area contributed by atoms with Gasteiger partial charge < -0.3 is 4.90 Å². The Morgan fingerprint density at radius 3 is 2.03 bits per heavy atom. The molecule has 0 bridgehead atoms. The minimum absolute atomic E-state index is 0.339. The smallest absolute Gasteiger partial charge is 0.211 e. The summed E-state index contributed by atoms with van der Waals surface area (Å²) in [6, 6.07) is 27.8. The Morgan fingerprint density at radius 1 is 0.794 bits per heavy atom. The van der Waals surface area contributed by atoms with E-state index in [0.29, 0.717) is 13.1 Å². The molecule has 0 aliphatic carbocycles. The monoisotopic (exact) mass is 474 g/mol. The average Bonchev–Trinajstić information content (AvgIpc) is 3.06. The van der Waals surface area contributed by atoms with Crippen molar-refractivity contribution in [3.63, 3.8) is 0 Å². The van der Waals surface area contributed by atoms with Crippen LogP contribution in [0.3, 0.4) is 0 Å². The highest BCUT2D eigenvalue weighted by atomic mass is 32.2. The van der Waals surface area contributed by atoms with E-state index in [-0.39, 0.29) is 5.41 Å². The van der Waals surface area contributed by atoms with Gasteiger partial charge in [0.15, 0.2) is 0 Å². The maximum absolute atomic E-state index is 12.7. The van der Waals surface area contributed by atoms with Crippen LogP contribution in [0.25, 0.3) is 0 Å². The van der Waals surface area contributed by atoms with E-state index in [1.54, 1.807) is 4.31 Å². The summed E-state index contributed by atoms with van der Waals surface area (Å²) >= 11 is 0.